The summed E-state index contributed by atoms with van der Waals surface area (Å²) in [5.74, 6) is 4.16. The number of ether oxygens (including phenoxy) is 6. The van der Waals surface area contributed by atoms with Crippen molar-refractivity contribution in [3.05, 3.63) is 169 Å². The Bertz CT molecular complexity index is 4070. The lowest BCUT2D eigenvalue weighted by atomic mass is 9.85. The first kappa shape index (κ1) is 66.3. The molecule has 6 N–H and O–H groups in total. The fraction of sp³-hybridized carbons (Fsp3) is 0.352. The summed E-state index contributed by atoms with van der Waals surface area (Å²) in [6.45, 7) is 5.08. The number of nitrogens with zero attached hydrogens (tertiary/aromatic N) is 7. The molecule has 2 aliphatic rings. The fourth-order valence-electron chi connectivity index (χ4n) is 9.26. The number of aromatic nitrogens is 2. The zero-order valence-electron chi connectivity index (χ0n) is 46.8. The minimum Gasteiger partial charge on any atom is -0.494 e. The highest BCUT2D eigenvalue weighted by Crippen LogP contribution is 2.66. The van der Waals surface area contributed by atoms with Crippen LogP contribution in [-0.4, -0.2) is 97.3 Å². The normalized spacial score (nSPS) is 16.7. The van der Waals surface area contributed by atoms with Crippen molar-refractivity contribution in [3.8, 4) is 34.8 Å². The predicted octanol–water partition coefficient (Wildman–Crippen LogP) is 7.46. The van der Waals surface area contributed by atoms with Gasteiger partial charge in [0.2, 0.25) is 0 Å². The maximum atomic E-state index is 13.9. The molecule has 1 fully saturated rings. The number of phosphoric acid groups is 3. The Kier molecular flexibility index (Phi) is 22.5. The van der Waals surface area contributed by atoms with Gasteiger partial charge in [0.05, 0.1) is 31.4 Å². The van der Waals surface area contributed by atoms with Crippen molar-refractivity contribution >= 4 is 52.8 Å². The number of Topliss-reactive ketones (excluding diaryl/α,β-unsaturated/α-hetero) is 1. The van der Waals surface area contributed by atoms with Gasteiger partial charge in [0.15, 0.2) is 19.0 Å². The lowest BCUT2D eigenvalue weighted by molar-refractivity contribution is -0.144. The largest absolute Gasteiger partial charge is 0.494 e. The van der Waals surface area contributed by atoms with E-state index >= 15 is 0 Å². The molecule has 7 rings (SSSR count). The summed E-state index contributed by atoms with van der Waals surface area (Å²) in [4.78, 5) is 109. The van der Waals surface area contributed by atoms with Gasteiger partial charge in [0.1, 0.15) is 47.6 Å². The lowest BCUT2D eigenvalue weighted by Gasteiger charge is -2.24. The fourth-order valence-corrected chi connectivity index (χ4v) is 12.3. The number of phosphoric ester groups is 1. The second-order valence-electron chi connectivity index (χ2n) is 19.2. The van der Waals surface area contributed by atoms with Crippen LogP contribution >= 0.6 is 23.5 Å². The van der Waals surface area contributed by atoms with Crippen LogP contribution in [0.25, 0.3) is 32.5 Å². The van der Waals surface area contributed by atoms with Gasteiger partial charge in [0.25, 0.3) is 5.56 Å². The summed E-state index contributed by atoms with van der Waals surface area (Å²) in [7, 11) is -17.2. The van der Waals surface area contributed by atoms with Gasteiger partial charge in [-0.2, -0.15) is 8.62 Å². The van der Waals surface area contributed by atoms with Gasteiger partial charge in [-0.1, -0.05) is 54.5 Å². The third kappa shape index (κ3) is 18.0. The third-order valence-corrected chi connectivity index (χ3v) is 16.9. The monoisotopic (exact) mass is 1260 g/mol. The number of carboxylic acid groups (broad SMARTS) is 1. The summed E-state index contributed by atoms with van der Waals surface area (Å²) in [5, 5.41) is 19.0. The molecule has 0 amide bonds. The number of azide groups is 2. The van der Waals surface area contributed by atoms with E-state index in [2.05, 4.69) is 58.0 Å². The van der Waals surface area contributed by atoms with Gasteiger partial charge >= 0.3 is 41.1 Å². The highest BCUT2D eigenvalue weighted by atomic mass is 31.3. The van der Waals surface area contributed by atoms with Crippen LogP contribution in [0.2, 0.25) is 0 Å². The molecule has 460 valence electrons. The molecule has 0 radical (unpaired) electrons. The van der Waals surface area contributed by atoms with Gasteiger partial charge in [-0.15, -0.1) is 0 Å². The lowest BCUT2D eigenvalue weighted by Crippen LogP contribution is -2.33. The maximum Gasteiger partial charge on any atom is 0.490 e. The van der Waals surface area contributed by atoms with Crippen LogP contribution in [0.5, 0.6) is 23.0 Å². The Hall–Kier alpha value is -8.18. The smallest absolute Gasteiger partial charge is 0.490 e. The Morgan fingerprint density at radius 2 is 1.67 bits per heavy atom. The number of aromatic amines is 1. The average molecular weight is 1260 g/mol. The number of aromatic carboxylic acids is 1. The zero-order valence-corrected chi connectivity index (χ0v) is 49.5. The van der Waals surface area contributed by atoms with Gasteiger partial charge in [0, 0.05) is 56.3 Å². The quantitative estimate of drug-likeness (QED) is 0.00405. The van der Waals surface area contributed by atoms with Gasteiger partial charge in [-0.3, -0.25) is 23.7 Å². The number of aryl methyl sites for hydroxylation is 3. The number of carbonyl (C=O) groups excluding carboxylic acids is 2. The van der Waals surface area contributed by atoms with Crippen LogP contribution in [0.15, 0.2) is 86.7 Å². The van der Waals surface area contributed by atoms with Crippen molar-refractivity contribution in [1.29, 1.82) is 0 Å². The second kappa shape index (κ2) is 29.5. The molecule has 33 heteroatoms. The van der Waals surface area contributed by atoms with E-state index in [0.717, 1.165) is 51.9 Å². The first-order valence-electron chi connectivity index (χ1n) is 26.4. The van der Waals surface area contributed by atoms with Crippen molar-refractivity contribution < 1.29 is 94.3 Å². The number of esters is 1. The van der Waals surface area contributed by atoms with Crippen molar-refractivity contribution in [1.82, 2.24) is 9.55 Å². The second-order valence-corrected chi connectivity index (χ2v) is 23.6. The zero-order chi connectivity index (χ0) is 63.2. The number of rotatable bonds is 28. The molecule has 0 spiro atoms. The summed E-state index contributed by atoms with van der Waals surface area (Å²) in [6, 6.07) is 17.1. The van der Waals surface area contributed by atoms with E-state index in [4.69, 9.17) is 49.3 Å². The minimum atomic E-state index is -5.87. The van der Waals surface area contributed by atoms with E-state index in [1.54, 1.807) is 6.07 Å². The first-order valence-corrected chi connectivity index (χ1v) is 30.9. The molecule has 5 aromatic rings. The van der Waals surface area contributed by atoms with E-state index in [0.29, 0.717) is 50.3 Å². The van der Waals surface area contributed by atoms with Crippen LogP contribution in [0.1, 0.15) is 112 Å². The number of ketones is 1. The molecular weight excluding hydrogens is 1210 g/mol. The van der Waals surface area contributed by atoms with Crippen LogP contribution in [0.4, 0.5) is 0 Å². The molecule has 3 heterocycles. The molecule has 5 atom stereocenters. The van der Waals surface area contributed by atoms with Gasteiger partial charge in [-0.25, -0.2) is 28.1 Å². The Morgan fingerprint density at radius 1 is 0.897 bits per heavy atom. The van der Waals surface area contributed by atoms with E-state index in [1.165, 1.54) is 30.3 Å². The summed E-state index contributed by atoms with van der Waals surface area (Å²) < 4.78 is 82.4. The minimum absolute atomic E-state index is 0.0184. The molecule has 4 aromatic carbocycles. The molecule has 30 nitrogen and oxygen atoms in total. The van der Waals surface area contributed by atoms with E-state index in [9.17, 15) is 52.6 Å². The average Bonchev–Trinajstić information content (AvgIpc) is 1.22. The van der Waals surface area contributed by atoms with Crippen LogP contribution < -0.4 is 35.9 Å². The first-order chi connectivity index (χ1) is 41.3. The summed E-state index contributed by atoms with van der Waals surface area (Å²) in [6.07, 6.45) is 1.61. The van der Waals surface area contributed by atoms with Gasteiger partial charge < -0.3 is 53.1 Å². The number of nitrogens with one attached hydrogen (secondary N) is 1. The standard InChI is InChI=1S/C54H57N8O22P3/c1-5-9-33-23-45-41(19-31(33)3)51(42-20-32(4)34(10-6-2)24-46(42)81-45)40-22-35(13-15-39(40)53(66)67)43(63)12-8-17-76-38-14-16-44(37(21-38)26-57-60-55)78-29-50(64)77-18-7-11-36-27-62(54(68)59-52(36)65)49-25-47(79-30-58-61-56)48(82-49)28-80-86(72,73)84-87(74,75)83-85(69,70)71/h9,13-16,19-24,27,47-49H,5-6,8,10,12,17-18,25-26,28-30H2,1-4H3,(H,66,67)(H,72,73)(H,74,75)(H,59,65,68)(H2,69,70,71)/b33-9-/t47?,48-,49-/m1/s1. The number of hydrogen-bond acceptors (Lipinski definition) is 19. The molecule has 0 bridgehead atoms. The third-order valence-electron chi connectivity index (χ3n) is 13.1. The number of H-pyrrole nitrogens is 1. The van der Waals surface area contributed by atoms with E-state index in [-0.39, 0.29) is 55.1 Å². The number of carbonyl (C=O) groups is 3. The molecule has 87 heavy (non-hydrogen) atoms. The number of benzene rings is 4. The molecule has 3 unspecified atom stereocenters. The summed E-state index contributed by atoms with van der Waals surface area (Å²) in [5.41, 5.74) is 20.9. The van der Waals surface area contributed by atoms with Crippen molar-refractivity contribution in [3.63, 3.8) is 0 Å². The molecule has 0 aliphatic carbocycles. The maximum absolute atomic E-state index is 13.9. The van der Waals surface area contributed by atoms with Crippen LogP contribution in [0.3, 0.4) is 0 Å². The highest BCUT2D eigenvalue weighted by Gasteiger charge is 2.44. The van der Waals surface area contributed by atoms with Crippen LogP contribution in [-0.2, 0) is 58.8 Å². The molecule has 2 aliphatic heterocycles. The number of carboxylic acids is 1. The molecule has 1 aromatic heterocycles. The Balaban J connectivity index is 0.963. The SMILES string of the molecule is CC/C=c1/cc2c(cc1C)=C(c1cc(C(=O)CCCOc3ccc(OCC(=O)OCC#Cc4cn([C@H]5CC(OCN=[N+]=[N-])[C@@H](COP(=O)(O)OP(=O)(O)OP(=O)(O)O)O5)c(=O)[nH]c4=O)c(CN=[N+]=[N-])c3)ccc1C(=O)O)c1cc(C)c(CCC)cc1O2. The van der Waals surface area contributed by atoms with Gasteiger partial charge in [-0.05, 0) is 126 Å². The Morgan fingerprint density at radius 3 is 2.38 bits per heavy atom. The number of hydrogen-bond donors (Lipinski definition) is 6. The highest BCUT2D eigenvalue weighted by molar-refractivity contribution is 7.66. The van der Waals surface area contributed by atoms with Crippen molar-refractivity contribution in [2.75, 3.05) is 33.2 Å². The van der Waals surface area contributed by atoms with E-state index in [1.807, 2.05) is 50.0 Å². The Labute approximate surface area is 493 Å². The van der Waals surface area contributed by atoms with Crippen molar-refractivity contribution in [2.24, 2.45) is 10.2 Å². The molecule has 1 saturated heterocycles. The molecular formula is C54H57N8O22P3. The van der Waals surface area contributed by atoms with E-state index < -0.39 is 91.6 Å². The number of fused-ring (bicyclic) bond motifs is 2. The topological polar surface area (TPSA) is 439 Å². The van der Waals surface area contributed by atoms with Crippen molar-refractivity contribution in [2.45, 2.75) is 91.2 Å². The predicted molar refractivity (Wildman–Crippen MR) is 306 cm³/mol. The van der Waals surface area contributed by atoms with Crippen LogP contribution in [0, 0.1) is 25.7 Å². The molecule has 0 saturated carbocycles. The summed E-state index contributed by atoms with van der Waals surface area (Å²) >= 11 is 0.